The number of aromatic nitrogens is 1. The standard InChI is InChI=1S/C28H29N3O4S/c1-33-17-16-29-27(32)22-6-4-20(5-7-22)18-31(23-10-14-25(35-3)15-11-23)28-30-26(19-36-28)21-8-12-24(34-2)13-9-21/h4-15,19H,16-18H2,1-3H3,(H,29,32). The molecule has 186 valence electrons. The molecule has 1 N–H and O–H groups in total. The van der Waals surface area contributed by atoms with Crippen molar-refractivity contribution in [3.63, 3.8) is 0 Å². The second kappa shape index (κ2) is 12.2. The number of methoxy groups -OCH3 is 3. The zero-order chi connectivity index (χ0) is 25.3. The van der Waals surface area contributed by atoms with E-state index in [1.54, 1.807) is 32.7 Å². The number of hydrogen-bond donors (Lipinski definition) is 1. The molecule has 0 atom stereocenters. The fourth-order valence-corrected chi connectivity index (χ4v) is 4.48. The summed E-state index contributed by atoms with van der Waals surface area (Å²) in [5.41, 5.74) is 4.59. The van der Waals surface area contributed by atoms with E-state index >= 15 is 0 Å². The third-order valence-electron chi connectivity index (χ3n) is 5.64. The molecule has 0 unspecified atom stereocenters. The molecule has 0 aliphatic heterocycles. The molecule has 0 aliphatic rings. The van der Waals surface area contributed by atoms with Gasteiger partial charge in [0.05, 0.1) is 33.1 Å². The highest BCUT2D eigenvalue weighted by atomic mass is 32.1. The summed E-state index contributed by atoms with van der Waals surface area (Å²) in [5, 5.41) is 5.77. The van der Waals surface area contributed by atoms with E-state index in [2.05, 4.69) is 15.6 Å². The van der Waals surface area contributed by atoms with Crippen LogP contribution in [0.2, 0.25) is 0 Å². The first-order valence-corrected chi connectivity index (χ1v) is 12.4. The summed E-state index contributed by atoms with van der Waals surface area (Å²) >= 11 is 1.58. The van der Waals surface area contributed by atoms with E-state index in [4.69, 9.17) is 19.2 Å². The molecule has 4 rings (SSSR count). The van der Waals surface area contributed by atoms with Crippen LogP contribution in [0.4, 0.5) is 10.8 Å². The second-order valence-electron chi connectivity index (χ2n) is 7.97. The highest BCUT2D eigenvalue weighted by Crippen LogP contribution is 2.34. The van der Waals surface area contributed by atoms with Gasteiger partial charge in [-0.3, -0.25) is 4.79 Å². The van der Waals surface area contributed by atoms with Crippen LogP contribution < -0.4 is 19.7 Å². The molecule has 0 fully saturated rings. The first-order valence-electron chi connectivity index (χ1n) is 11.5. The van der Waals surface area contributed by atoms with E-state index in [-0.39, 0.29) is 5.91 Å². The Morgan fingerprint density at radius 2 is 1.53 bits per heavy atom. The SMILES string of the molecule is COCCNC(=O)c1ccc(CN(c2ccc(OC)cc2)c2nc(-c3ccc(OC)cc3)cs2)cc1. The number of nitrogens with one attached hydrogen (secondary N) is 1. The van der Waals surface area contributed by atoms with E-state index in [1.807, 2.05) is 72.8 Å². The fourth-order valence-electron chi connectivity index (χ4n) is 3.63. The first-order chi connectivity index (χ1) is 17.6. The predicted octanol–water partition coefficient (Wildman–Crippen LogP) is 5.54. The third kappa shape index (κ3) is 6.21. The zero-order valence-electron chi connectivity index (χ0n) is 20.6. The molecule has 0 saturated carbocycles. The van der Waals surface area contributed by atoms with Gasteiger partial charge in [0.2, 0.25) is 0 Å². The number of rotatable bonds is 11. The zero-order valence-corrected chi connectivity index (χ0v) is 21.4. The molecule has 0 aliphatic carbocycles. The molecule has 0 radical (unpaired) electrons. The van der Waals surface area contributed by atoms with Gasteiger partial charge in [-0.1, -0.05) is 12.1 Å². The van der Waals surface area contributed by atoms with Crippen LogP contribution in [-0.2, 0) is 11.3 Å². The van der Waals surface area contributed by atoms with E-state index < -0.39 is 0 Å². The van der Waals surface area contributed by atoms with Gasteiger partial charge in [-0.25, -0.2) is 4.98 Å². The Morgan fingerprint density at radius 1 is 0.889 bits per heavy atom. The summed E-state index contributed by atoms with van der Waals surface area (Å²) in [6.07, 6.45) is 0. The number of hydrogen-bond acceptors (Lipinski definition) is 7. The summed E-state index contributed by atoms with van der Waals surface area (Å²) in [6, 6.07) is 23.4. The quantitative estimate of drug-likeness (QED) is 0.271. The largest absolute Gasteiger partial charge is 0.497 e. The molecule has 4 aromatic rings. The normalized spacial score (nSPS) is 10.6. The topological polar surface area (TPSA) is 72.9 Å². The predicted molar refractivity (Wildman–Crippen MR) is 144 cm³/mol. The summed E-state index contributed by atoms with van der Waals surface area (Å²) in [5.74, 6) is 1.49. The van der Waals surface area contributed by atoms with Gasteiger partial charge in [-0.2, -0.15) is 0 Å². The highest BCUT2D eigenvalue weighted by Gasteiger charge is 2.16. The maximum atomic E-state index is 12.3. The van der Waals surface area contributed by atoms with E-state index in [9.17, 15) is 4.79 Å². The van der Waals surface area contributed by atoms with Crippen molar-refractivity contribution in [2.75, 3.05) is 39.4 Å². The van der Waals surface area contributed by atoms with Crippen LogP contribution in [0.5, 0.6) is 11.5 Å². The number of ether oxygens (including phenoxy) is 3. The average molecular weight is 504 g/mol. The van der Waals surface area contributed by atoms with Crippen LogP contribution in [0, 0.1) is 0 Å². The minimum absolute atomic E-state index is 0.116. The first kappa shape index (κ1) is 25.2. The number of amides is 1. The summed E-state index contributed by atoms with van der Waals surface area (Å²) in [4.78, 5) is 19.4. The van der Waals surface area contributed by atoms with E-state index in [0.29, 0.717) is 25.3 Å². The van der Waals surface area contributed by atoms with Gasteiger partial charge in [0.25, 0.3) is 5.91 Å². The molecule has 1 amide bonds. The van der Waals surface area contributed by atoms with Crippen molar-refractivity contribution in [1.29, 1.82) is 0 Å². The van der Waals surface area contributed by atoms with Crippen molar-refractivity contribution in [1.82, 2.24) is 10.3 Å². The van der Waals surface area contributed by atoms with Crippen LogP contribution in [0.3, 0.4) is 0 Å². The number of carbonyl (C=O) groups is 1. The van der Waals surface area contributed by atoms with Gasteiger partial charge < -0.3 is 24.4 Å². The number of benzene rings is 3. The van der Waals surface area contributed by atoms with Crippen LogP contribution in [0.1, 0.15) is 15.9 Å². The summed E-state index contributed by atoms with van der Waals surface area (Å²) < 4.78 is 15.6. The fraction of sp³-hybridized carbons (Fsp3) is 0.214. The second-order valence-corrected chi connectivity index (χ2v) is 8.81. The smallest absolute Gasteiger partial charge is 0.251 e. The Balaban J connectivity index is 1.58. The van der Waals surface area contributed by atoms with Crippen LogP contribution in [-0.4, -0.2) is 45.4 Å². The number of thiazole rings is 1. The molecular weight excluding hydrogens is 474 g/mol. The molecule has 3 aromatic carbocycles. The van der Waals surface area contributed by atoms with Crippen molar-refractivity contribution in [3.05, 3.63) is 89.3 Å². The van der Waals surface area contributed by atoms with Crippen LogP contribution in [0.15, 0.2) is 78.2 Å². The van der Waals surface area contributed by atoms with Crippen LogP contribution in [0.25, 0.3) is 11.3 Å². The molecule has 1 aromatic heterocycles. The van der Waals surface area contributed by atoms with Gasteiger partial charge in [0.15, 0.2) is 5.13 Å². The van der Waals surface area contributed by atoms with Crippen molar-refractivity contribution < 1.29 is 19.0 Å². The monoisotopic (exact) mass is 503 g/mol. The van der Waals surface area contributed by atoms with Crippen LogP contribution >= 0.6 is 11.3 Å². The molecule has 0 saturated heterocycles. The molecule has 8 heteroatoms. The maximum Gasteiger partial charge on any atom is 0.251 e. The Morgan fingerprint density at radius 3 is 2.14 bits per heavy atom. The van der Waals surface area contributed by atoms with Crippen molar-refractivity contribution in [2.45, 2.75) is 6.54 Å². The molecule has 0 spiro atoms. The molecule has 7 nitrogen and oxygen atoms in total. The Hall–Kier alpha value is -3.88. The number of anilines is 2. The lowest BCUT2D eigenvalue weighted by Crippen LogP contribution is -2.26. The summed E-state index contributed by atoms with van der Waals surface area (Å²) in [6.45, 7) is 1.54. The molecule has 36 heavy (non-hydrogen) atoms. The Bertz CT molecular complexity index is 1260. The lowest BCUT2D eigenvalue weighted by Gasteiger charge is -2.22. The van der Waals surface area contributed by atoms with Gasteiger partial charge in [-0.15, -0.1) is 11.3 Å². The van der Waals surface area contributed by atoms with Gasteiger partial charge in [-0.05, 0) is 66.2 Å². The summed E-state index contributed by atoms with van der Waals surface area (Å²) in [7, 11) is 4.92. The number of nitrogens with zero attached hydrogens (tertiary/aromatic N) is 2. The maximum absolute atomic E-state index is 12.3. The molecule has 0 bridgehead atoms. The highest BCUT2D eigenvalue weighted by molar-refractivity contribution is 7.14. The molecular formula is C28H29N3O4S. The van der Waals surface area contributed by atoms with Crippen molar-refractivity contribution in [2.24, 2.45) is 0 Å². The van der Waals surface area contributed by atoms with Gasteiger partial charge in [0.1, 0.15) is 11.5 Å². The Kier molecular flexibility index (Phi) is 8.54. The average Bonchev–Trinajstić information content (AvgIpc) is 3.42. The lowest BCUT2D eigenvalue weighted by atomic mass is 10.1. The van der Waals surface area contributed by atoms with Gasteiger partial charge in [0, 0.05) is 35.8 Å². The van der Waals surface area contributed by atoms with Crippen molar-refractivity contribution >= 4 is 28.1 Å². The Labute approximate surface area is 215 Å². The molecule has 1 heterocycles. The van der Waals surface area contributed by atoms with Crippen molar-refractivity contribution in [3.8, 4) is 22.8 Å². The lowest BCUT2D eigenvalue weighted by molar-refractivity contribution is 0.0937. The number of carbonyl (C=O) groups excluding carboxylic acids is 1. The van der Waals surface area contributed by atoms with E-state index in [1.165, 1.54) is 0 Å². The third-order valence-corrected chi connectivity index (χ3v) is 6.51. The van der Waals surface area contributed by atoms with Gasteiger partial charge >= 0.3 is 0 Å². The minimum atomic E-state index is -0.116. The minimum Gasteiger partial charge on any atom is -0.497 e. The van der Waals surface area contributed by atoms with E-state index in [0.717, 1.165) is 39.1 Å².